The van der Waals surface area contributed by atoms with Crippen molar-refractivity contribution in [3.05, 3.63) is 33.3 Å². The number of halogens is 2. The molecule has 0 atom stereocenters. The first-order valence-corrected chi connectivity index (χ1v) is 5.03. The average molecular weight is 257 g/mol. The lowest BCUT2D eigenvalue weighted by molar-refractivity contribution is 0.0988. The number of hydrogen-bond acceptors (Lipinski definition) is 4. The molecular formula is C10H6Cl2N2O2. The van der Waals surface area contributed by atoms with E-state index < -0.39 is 11.6 Å². The maximum Gasteiger partial charge on any atom is 0.208 e. The van der Waals surface area contributed by atoms with Crippen LogP contribution in [0.15, 0.2) is 22.2 Å². The second-order valence-corrected chi connectivity index (χ2v) is 4.04. The first-order chi connectivity index (χ1) is 7.45. The molecule has 0 saturated heterocycles. The smallest absolute Gasteiger partial charge is 0.208 e. The van der Waals surface area contributed by atoms with Gasteiger partial charge in [0.25, 0.3) is 0 Å². The molecule has 82 valence electrons. The van der Waals surface area contributed by atoms with Crippen LogP contribution in [0.2, 0.25) is 0 Å². The van der Waals surface area contributed by atoms with Crippen molar-refractivity contribution < 1.29 is 9.59 Å². The second kappa shape index (κ2) is 3.50. The zero-order valence-corrected chi connectivity index (χ0v) is 9.39. The molecule has 1 aliphatic carbocycles. The van der Waals surface area contributed by atoms with Gasteiger partial charge in [-0.05, 0) is 12.1 Å². The van der Waals surface area contributed by atoms with Crippen LogP contribution in [-0.4, -0.2) is 11.6 Å². The van der Waals surface area contributed by atoms with E-state index in [0.717, 1.165) is 0 Å². The summed E-state index contributed by atoms with van der Waals surface area (Å²) in [6.07, 6.45) is 0. The summed E-state index contributed by atoms with van der Waals surface area (Å²) in [5.41, 5.74) is 11.6. The monoisotopic (exact) mass is 256 g/mol. The Labute approximate surface area is 101 Å². The molecule has 2 rings (SSSR count). The number of benzene rings is 1. The predicted molar refractivity (Wildman–Crippen MR) is 62.7 cm³/mol. The highest BCUT2D eigenvalue weighted by molar-refractivity contribution is 6.60. The topological polar surface area (TPSA) is 86.2 Å². The van der Waals surface area contributed by atoms with Crippen LogP contribution in [0.3, 0.4) is 0 Å². The number of nitrogens with two attached hydrogens (primary N) is 2. The number of ketones is 2. The summed E-state index contributed by atoms with van der Waals surface area (Å²) in [6, 6.07) is 2.89. The molecule has 0 aliphatic heterocycles. The van der Waals surface area contributed by atoms with Gasteiger partial charge in [-0.1, -0.05) is 23.2 Å². The minimum absolute atomic E-state index is 0.0272. The van der Waals surface area contributed by atoms with E-state index in [4.69, 9.17) is 34.7 Å². The molecule has 0 radical (unpaired) electrons. The number of rotatable bonds is 0. The number of allylic oxidation sites excluding steroid dienone is 2. The normalized spacial score (nSPS) is 15.4. The molecule has 0 aromatic heterocycles. The molecule has 6 heteroatoms. The highest BCUT2D eigenvalue weighted by Gasteiger charge is 2.33. The van der Waals surface area contributed by atoms with Crippen molar-refractivity contribution in [1.82, 2.24) is 0 Å². The first kappa shape index (κ1) is 11.0. The Morgan fingerprint density at radius 1 is 0.812 bits per heavy atom. The van der Waals surface area contributed by atoms with E-state index in [1.165, 1.54) is 12.1 Å². The molecule has 0 heterocycles. The zero-order valence-electron chi connectivity index (χ0n) is 7.88. The van der Waals surface area contributed by atoms with Gasteiger partial charge in [-0.2, -0.15) is 0 Å². The highest BCUT2D eigenvalue weighted by atomic mass is 35.5. The van der Waals surface area contributed by atoms with E-state index in [0.29, 0.717) is 0 Å². The fraction of sp³-hybridized carbons (Fsp3) is 0. The Kier molecular flexibility index (Phi) is 2.40. The second-order valence-electron chi connectivity index (χ2n) is 3.28. The Morgan fingerprint density at radius 3 is 1.44 bits per heavy atom. The fourth-order valence-corrected chi connectivity index (χ4v) is 1.90. The van der Waals surface area contributed by atoms with Crippen LogP contribution in [0.5, 0.6) is 0 Å². The first-order valence-electron chi connectivity index (χ1n) is 4.27. The summed E-state index contributed by atoms with van der Waals surface area (Å²) in [6.45, 7) is 0. The molecule has 0 unspecified atom stereocenters. The van der Waals surface area contributed by atoms with Crippen LogP contribution >= 0.6 is 23.2 Å². The lowest BCUT2D eigenvalue weighted by Crippen LogP contribution is -2.21. The van der Waals surface area contributed by atoms with Gasteiger partial charge in [-0.3, -0.25) is 9.59 Å². The fourth-order valence-electron chi connectivity index (χ4n) is 1.54. The summed E-state index contributed by atoms with van der Waals surface area (Å²) in [5, 5.41) is -0.645. The molecule has 0 fully saturated rings. The number of hydrogen-bond donors (Lipinski definition) is 2. The van der Waals surface area contributed by atoms with Crippen molar-refractivity contribution in [2.75, 3.05) is 11.5 Å². The van der Waals surface area contributed by atoms with Crippen LogP contribution in [0, 0.1) is 0 Å². The molecular weight excluding hydrogens is 251 g/mol. The SMILES string of the molecule is Nc1ccc(N)c2c1C(=O)C(Cl)=C(Cl)C2=O. The number of nitrogen functional groups attached to an aromatic ring is 2. The predicted octanol–water partition coefficient (Wildman–Crippen LogP) is 1.92. The van der Waals surface area contributed by atoms with Gasteiger partial charge in [-0.25, -0.2) is 0 Å². The third-order valence-corrected chi connectivity index (χ3v) is 3.13. The van der Waals surface area contributed by atoms with Crippen molar-refractivity contribution in [3.8, 4) is 0 Å². The van der Waals surface area contributed by atoms with Crippen LogP contribution in [-0.2, 0) is 0 Å². The van der Waals surface area contributed by atoms with E-state index in [-0.39, 0.29) is 32.6 Å². The van der Waals surface area contributed by atoms with Gasteiger partial charge < -0.3 is 11.5 Å². The third-order valence-electron chi connectivity index (χ3n) is 2.32. The standard InChI is InChI=1S/C10H6Cl2N2O2/c11-7-8(12)10(16)6-4(14)2-1-3(13)5(6)9(7)15/h1-2H,13-14H2. The van der Waals surface area contributed by atoms with Crippen molar-refractivity contribution >= 4 is 46.1 Å². The average Bonchev–Trinajstić information content (AvgIpc) is 2.26. The minimum Gasteiger partial charge on any atom is -0.398 e. The largest absolute Gasteiger partial charge is 0.398 e. The number of fused-ring (bicyclic) bond motifs is 1. The number of Topliss-reactive ketones (excluding diaryl/α,β-unsaturated/α-hetero) is 2. The molecule has 4 nitrogen and oxygen atoms in total. The van der Waals surface area contributed by atoms with Gasteiger partial charge >= 0.3 is 0 Å². The Balaban J connectivity index is 2.86. The maximum absolute atomic E-state index is 11.8. The lowest BCUT2D eigenvalue weighted by Gasteiger charge is -2.17. The lowest BCUT2D eigenvalue weighted by atomic mass is 9.91. The molecule has 0 bridgehead atoms. The van der Waals surface area contributed by atoms with E-state index in [1.54, 1.807) is 0 Å². The molecule has 16 heavy (non-hydrogen) atoms. The molecule has 0 spiro atoms. The summed E-state index contributed by atoms with van der Waals surface area (Å²) in [5.74, 6) is -1.16. The quantitative estimate of drug-likeness (QED) is 0.695. The van der Waals surface area contributed by atoms with Gasteiger partial charge in [-0.15, -0.1) is 0 Å². The molecule has 1 aliphatic rings. The van der Waals surface area contributed by atoms with E-state index in [1.807, 2.05) is 0 Å². The van der Waals surface area contributed by atoms with Gasteiger partial charge in [0.1, 0.15) is 10.1 Å². The molecule has 0 amide bonds. The van der Waals surface area contributed by atoms with Crippen molar-refractivity contribution in [3.63, 3.8) is 0 Å². The number of carbonyl (C=O) groups excluding carboxylic acids is 2. The van der Waals surface area contributed by atoms with Crippen LogP contribution in [0.4, 0.5) is 11.4 Å². The van der Waals surface area contributed by atoms with Gasteiger partial charge in [0.2, 0.25) is 11.6 Å². The molecule has 4 N–H and O–H groups in total. The molecule has 0 saturated carbocycles. The Hall–Kier alpha value is -1.52. The highest BCUT2D eigenvalue weighted by Crippen LogP contribution is 2.36. The summed E-state index contributed by atoms with van der Waals surface area (Å²) in [4.78, 5) is 23.6. The Bertz CT molecular complexity index is 515. The molecule has 1 aromatic carbocycles. The van der Waals surface area contributed by atoms with E-state index >= 15 is 0 Å². The summed E-state index contributed by atoms with van der Waals surface area (Å²) >= 11 is 11.3. The van der Waals surface area contributed by atoms with Gasteiger partial charge in [0.15, 0.2) is 0 Å². The Morgan fingerprint density at radius 2 is 1.12 bits per heavy atom. The van der Waals surface area contributed by atoms with Gasteiger partial charge in [0.05, 0.1) is 11.1 Å². The van der Waals surface area contributed by atoms with E-state index in [2.05, 4.69) is 0 Å². The van der Waals surface area contributed by atoms with Crippen LogP contribution < -0.4 is 11.5 Å². The minimum atomic E-state index is -0.578. The maximum atomic E-state index is 11.8. The van der Waals surface area contributed by atoms with Crippen molar-refractivity contribution in [1.29, 1.82) is 0 Å². The van der Waals surface area contributed by atoms with Crippen molar-refractivity contribution in [2.24, 2.45) is 0 Å². The third kappa shape index (κ3) is 1.31. The van der Waals surface area contributed by atoms with Crippen LogP contribution in [0.1, 0.15) is 20.7 Å². The van der Waals surface area contributed by atoms with Crippen molar-refractivity contribution in [2.45, 2.75) is 0 Å². The van der Waals surface area contributed by atoms with E-state index in [9.17, 15) is 9.59 Å². The number of carbonyl (C=O) groups is 2. The van der Waals surface area contributed by atoms with Gasteiger partial charge in [0, 0.05) is 11.4 Å². The summed E-state index contributed by atoms with van der Waals surface area (Å²) in [7, 11) is 0. The van der Waals surface area contributed by atoms with Crippen LogP contribution in [0.25, 0.3) is 0 Å². The zero-order chi connectivity index (χ0) is 12.0. The molecule has 1 aromatic rings. The number of anilines is 2. The summed E-state index contributed by atoms with van der Waals surface area (Å²) < 4.78 is 0.